The van der Waals surface area contributed by atoms with Gasteiger partial charge in [-0.05, 0) is 78.7 Å². The fraction of sp³-hybridized carbons (Fsp3) is 0.259. The number of fused-ring (bicyclic) bond motifs is 1. The molecule has 3 aromatic rings. The number of likely N-dealkylation sites (N-methyl/N-ethyl adjacent to an activating group) is 1. The lowest BCUT2D eigenvalue weighted by atomic mass is 10.1. The summed E-state index contributed by atoms with van der Waals surface area (Å²) < 4.78 is 12.0. The minimum absolute atomic E-state index is 0.0505. The minimum atomic E-state index is -0.0505. The van der Waals surface area contributed by atoms with E-state index in [9.17, 15) is 4.79 Å². The van der Waals surface area contributed by atoms with Gasteiger partial charge in [0.2, 0.25) is 0 Å². The Hall–Kier alpha value is -2.96. The van der Waals surface area contributed by atoms with Gasteiger partial charge in [0.15, 0.2) is 16.7 Å². The number of benzene rings is 3. The van der Waals surface area contributed by atoms with E-state index in [1.807, 2.05) is 51.1 Å². The summed E-state index contributed by atoms with van der Waals surface area (Å²) in [5.74, 6) is 0.992. The number of aliphatic imine (C=N–C) groups is 1. The number of rotatable bonds is 8. The number of amidine groups is 1. The van der Waals surface area contributed by atoms with Gasteiger partial charge in [0.25, 0.3) is 5.91 Å². The number of nitrogens with zero attached hydrogens (tertiary/aromatic N) is 2. The highest BCUT2D eigenvalue weighted by Crippen LogP contribution is 2.39. The molecule has 1 amide bonds. The van der Waals surface area contributed by atoms with Crippen LogP contribution in [0, 0.1) is 0 Å². The van der Waals surface area contributed by atoms with Crippen molar-refractivity contribution in [2.45, 2.75) is 27.4 Å². The van der Waals surface area contributed by atoms with Gasteiger partial charge in [-0.3, -0.25) is 14.7 Å². The minimum Gasteiger partial charge on any atom is -0.490 e. The number of thioether (sulfide) groups is 1. The Kier molecular flexibility index (Phi) is 7.80. The van der Waals surface area contributed by atoms with Crippen molar-refractivity contribution in [3.05, 3.63) is 75.7 Å². The maximum Gasteiger partial charge on any atom is 0.266 e. The highest BCUT2D eigenvalue weighted by Gasteiger charge is 2.32. The van der Waals surface area contributed by atoms with E-state index >= 15 is 0 Å². The summed E-state index contributed by atoms with van der Waals surface area (Å²) in [5.41, 5.74) is 1.81. The summed E-state index contributed by atoms with van der Waals surface area (Å²) in [6.45, 7) is 7.85. The topological polar surface area (TPSA) is 51.1 Å². The molecule has 7 heteroatoms. The number of hydrogen-bond donors (Lipinski definition) is 0. The van der Waals surface area contributed by atoms with Gasteiger partial charge in [0.05, 0.1) is 16.5 Å². The molecule has 0 unspecified atom stereocenters. The summed E-state index contributed by atoms with van der Waals surface area (Å²) in [6, 6.07) is 18.1. The van der Waals surface area contributed by atoms with Crippen LogP contribution >= 0.6 is 23.4 Å². The van der Waals surface area contributed by atoms with Crippen LogP contribution in [-0.4, -0.2) is 35.7 Å². The lowest BCUT2D eigenvalue weighted by molar-refractivity contribution is -0.122. The number of carbonyl (C=O) groups is 1. The van der Waals surface area contributed by atoms with E-state index in [-0.39, 0.29) is 5.91 Å². The lowest BCUT2D eigenvalue weighted by Crippen LogP contribution is -2.28. The second-order valence-corrected chi connectivity index (χ2v) is 9.07. The molecule has 4 rings (SSSR count). The van der Waals surface area contributed by atoms with Crippen molar-refractivity contribution in [1.82, 2.24) is 4.90 Å². The molecular weight excluding hydrogens is 468 g/mol. The highest BCUT2D eigenvalue weighted by atomic mass is 35.5. The van der Waals surface area contributed by atoms with Gasteiger partial charge in [-0.25, -0.2) is 0 Å². The van der Waals surface area contributed by atoms with Gasteiger partial charge < -0.3 is 9.47 Å². The van der Waals surface area contributed by atoms with Crippen LogP contribution in [-0.2, 0) is 11.4 Å². The predicted molar refractivity (Wildman–Crippen MR) is 142 cm³/mol. The predicted octanol–water partition coefficient (Wildman–Crippen LogP) is 6.78. The number of hydrogen-bond acceptors (Lipinski definition) is 5. The van der Waals surface area contributed by atoms with Crippen LogP contribution in [0.5, 0.6) is 11.5 Å². The molecule has 34 heavy (non-hydrogen) atoms. The van der Waals surface area contributed by atoms with E-state index in [2.05, 4.69) is 29.3 Å². The molecule has 1 aliphatic heterocycles. The number of halogens is 1. The van der Waals surface area contributed by atoms with Gasteiger partial charge in [0.1, 0.15) is 6.61 Å². The molecule has 0 aliphatic carbocycles. The zero-order valence-corrected chi connectivity index (χ0v) is 21.1. The molecule has 1 heterocycles. The van der Waals surface area contributed by atoms with Crippen molar-refractivity contribution in [2.75, 3.05) is 19.7 Å². The Balaban J connectivity index is 1.59. The zero-order valence-electron chi connectivity index (χ0n) is 19.5. The lowest BCUT2D eigenvalue weighted by Gasteiger charge is -2.15. The first-order valence-electron chi connectivity index (χ1n) is 11.4. The van der Waals surface area contributed by atoms with E-state index in [0.29, 0.717) is 47.7 Å². The van der Waals surface area contributed by atoms with Gasteiger partial charge in [0, 0.05) is 13.1 Å². The van der Waals surface area contributed by atoms with Crippen LogP contribution in [0.15, 0.2) is 64.5 Å². The van der Waals surface area contributed by atoms with E-state index in [1.54, 1.807) is 11.0 Å². The number of carbonyl (C=O) groups excluding carboxylic acids is 1. The first kappa shape index (κ1) is 24.2. The summed E-state index contributed by atoms with van der Waals surface area (Å²) in [4.78, 5) is 19.5. The first-order valence-corrected chi connectivity index (χ1v) is 12.6. The Morgan fingerprint density at radius 2 is 1.82 bits per heavy atom. The Labute approximate surface area is 209 Å². The average Bonchev–Trinajstić information content (AvgIpc) is 3.12. The summed E-state index contributed by atoms with van der Waals surface area (Å²) in [6.07, 6.45) is 1.83. The molecule has 176 valence electrons. The van der Waals surface area contributed by atoms with Gasteiger partial charge in [-0.2, -0.15) is 0 Å². The Bertz CT molecular complexity index is 1270. The van der Waals surface area contributed by atoms with Crippen LogP contribution in [0.1, 0.15) is 31.9 Å². The Morgan fingerprint density at radius 3 is 2.56 bits per heavy atom. The molecule has 0 saturated carbocycles. The molecule has 1 saturated heterocycles. The number of amides is 1. The molecule has 0 aromatic heterocycles. The fourth-order valence-corrected chi connectivity index (χ4v) is 5.13. The van der Waals surface area contributed by atoms with Crippen LogP contribution in [0.3, 0.4) is 0 Å². The maximum absolute atomic E-state index is 12.8. The van der Waals surface area contributed by atoms with Gasteiger partial charge >= 0.3 is 0 Å². The number of ether oxygens (including phenoxy) is 2. The quantitative estimate of drug-likeness (QED) is 0.324. The molecule has 0 spiro atoms. The SMILES string of the molecule is CCN=C1S/C(=C/c2cc(Cl)c(OCc3ccc4ccccc4c3)c(OCC)c2)C(=O)N1CC. The summed E-state index contributed by atoms with van der Waals surface area (Å²) >= 11 is 8.01. The molecule has 5 nitrogen and oxygen atoms in total. The van der Waals surface area contributed by atoms with Crippen LogP contribution in [0.25, 0.3) is 16.8 Å². The third-order valence-corrected chi connectivity index (χ3v) is 6.65. The largest absolute Gasteiger partial charge is 0.490 e. The van der Waals surface area contributed by atoms with Crippen molar-refractivity contribution >= 4 is 51.3 Å². The summed E-state index contributed by atoms with van der Waals surface area (Å²) in [7, 11) is 0. The molecule has 0 bridgehead atoms. The molecule has 0 atom stereocenters. The molecule has 0 radical (unpaired) electrons. The standard InChI is InChI=1S/C27H27ClN2O3S/c1-4-29-27-30(5-2)26(31)24(34-27)16-19-14-22(28)25(23(15-19)32-6-3)33-17-18-11-12-20-9-7-8-10-21(20)13-18/h7-16H,4-6,17H2,1-3H3/b24-16+,29-27?. The second-order valence-electron chi connectivity index (χ2n) is 7.65. The fourth-order valence-electron chi connectivity index (χ4n) is 3.75. The Morgan fingerprint density at radius 1 is 1.03 bits per heavy atom. The third kappa shape index (κ3) is 5.24. The molecular formula is C27H27ClN2O3S. The molecule has 1 fully saturated rings. The summed E-state index contributed by atoms with van der Waals surface area (Å²) in [5, 5.41) is 3.51. The van der Waals surface area contributed by atoms with Crippen molar-refractivity contribution in [2.24, 2.45) is 4.99 Å². The second kappa shape index (κ2) is 11.0. The monoisotopic (exact) mass is 494 g/mol. The maximum atomic E-state index is 12.8. The zero-order chi connectivity index (χ0) is 24.1. The smallest absolute Gasteiger partial charge is 0.266 e. The van der Waals surface area contributed by atoms with Crippen LogP contribution in [0.2, 0.25) is 5.02 Å². The molecule has 0 N–H and O–H groups in total. The van der Waals surface area contributed by atoms with Crippen LogP contribution < -0.4 is 9.47 Å². The molecule has 1 aliphatic rings. The normalized spacial score (nSPS) is 16.1. The van der Waals surface area contributed by atoms with E-state index in [1.165, 1.54) is 17.1 Å². The van der Waals surface area contributed by atoms with Crippen LogP contribution in [0.4, 0.5) is 0 Å². The van der Waals surface area contributed by atoms with Gasteiger partial charge in [-0.1, -0.05) is 48.0 Å². The van der Waals surface area contributed by atoms with Crippen molar-refractivity contribution in [3.63, 3.8) is 0 Å². The third-order valence-electron chi connectivity index (χ3n) is 5.32. The van der Waals surface area contributed by atoms with Gasteiger partial charge in [-0.15, -0.1) is 0 Å². The average molecular weight is 495 g/mol. The van der Waals surface area contributed by atoms with E-state index in [0.717, 1.165) is 21.7 Å². The van der Waals surface area contributed by atoms with Crippen molar-refractivity contribution < 1.29 is 14.3 Å². The van der Waals surface area contributed by atoms with E-state index in [4.69, 9.17) is 21.1 Å². The first-order chi connectivity index (χ1) is 16.5. The molecule has 3 aromatic carbocycles. The van der Waals surface area contributed by atoms with Crippen molar-refractivity contribution in [1.29, 1.82) is 0 Å². The van der Waals surface area contributed by atoms with E-state index < -0.39 is 0 Å². The highest BCUT2D eigenvalue weighted by molar-refractivity contribution is 8.18. The van der Waals surface area contributed by atoms with Crippen molar-refractivity contribution in [3.8, 4) is 11.5 Å².